The Kier molecular flexibility index (Phi) is 5.77. The minimum absolute atomic E-state index is 0.0332. The lowest BCUT2D eigenvalue weighted by atomic mass is 10.1. The number of aliphatic hydroxyl groups excluding tert-OH is 1. The number of imidazole rings is 2. The van der Waals surface area contributed by atoms with Gasteiger partial charge in [0.05, 0.1) is 18.1 Å². The van der Waals surface area contributed by atoms with Crippen LogP contribution in [0, 0.1) is 0 Å². The van der Waals surface area contributed by atoms with E-state index in [1.807, 2.05) is 30.3 Å². The Balaban J connectivity index is 1.50. The van der Waals surface area contributed by atoms with Gasteiger partial charge in [-0.3, -0.25) is 18.7 Å². The summed E-state index contributed by atoms with van der Waals surface area (Å²) in [5.41, 5.74) is 1.06. The van der Waals surface area contributed by atoms with E-state index in [-0.39, 0.29) is 34.5 Å². The van der Waals surface area contributed by atoms with Crippen LogP contribution in [-0.4, -0.2) is 75.7 Å². The summed E-state index contributed by atoms with van der Waals surface area (Å²) in [6, 6.07) is 9.37. The molecule has 5 heterocycles. The summed E-state index contributed by atoms with van der Waals surface area (Å²) in [5, 5.41) is 20.4. The third-order valence-corrected chi connectivity index (χ3v) is 8.35. The highest BCUT2D eigenvalue weighted by atomic mass is 32.5. The molecule has 36 heavy (non-hydrogen) atoms. The third kappa shape index (κ3) is 3.97. The molecule has 4 aromatic rings. The van der Waals surface area contributed by atoms with Crippen LogP contribution in [0.1, 0.15) is 6.23 Å². The monoisotopic (exact) mass is 551 g/mol. The number of carboxylic acid groups (broad SMARTS) is 1. The molecule has 16 heteroatoms. The summed E-state index contributed by atoms with van der Waals surface area (Å²) < 4.78 is 19.2. The maximum Gasteiger partial charge on any atom is 0.325 e. The van der Waals surface area contributed by atoms with Gasteiger partial charge in [-0.2, -0.15) is 4.98 Å². The smallest absolute Gasteiger partial charge is 0.325 e. The summed E-state index contributed by atoms with van der Waals surface area (Å²) in [6.45, 7) is -3.64. The standard InChI is InChI=1S/C20H18N5O8PS2/c26-12(27)8-36-20-22-13-16(25(20)18-14(28)15-11(32-18)7-31-34(30,35)33-15)23-19-21-10(6-24(19)17(13)29)9-4-2-1-3-5-9/h1-6,11,14-15,18,28H,7-8H2,(H,21,23)(H,26,27)(H,30,35)/t11?,14?,15-,18-,34?/m1/s1. The molecule has 0 aliphatic carbocycles. The Hall–Kier alpha value is -2.62. The first-order valence-electron chi connectivity index (χ1n) is 10.6. The van der Waals surface area contributed by atoms with Gasteiger partial charge in [0.2, 0.25) is 5.78 Å². The van der Waals surface area contributed by atoms with Crippen molar-refractivity contribution in [1.82, 2.24) is 23.9 Å². The minimum atomic E-state index is -3.54. The number of nitrogens with zero attached hydrogens (tertiary/aromatic N) is 4. The van der Waals surface area contributed by atoms with E-state index >= 15 is 0 Å². The van der Waals surface area contributed by atoms with Crippen LogP contribution in [0.3, 0.4) is 0 Å². The summed E-state index contributed by atoms with van der Waals surface area (Å²) in [5.74, 6) is -1.23. The molecule has 1 aromatic carbocycles. The number of ether oxygens (including phenoxy) is 1. The molecule has 0 radical (unpaired) electrons. The van der Waals surface area contributed by atoms with Crippen LogP contribution in [0.15, 0.2) is 46.5 Å². The van der Waals surface area contributed by atoms with Crippen molar-refractivity contribution < 1.29 is 33.7 Å². The molecule has 0 amide bonds. The fraction of sp³-hybridized carbons (Fsp3) is 0.300. The molecule has 13 nitrogen and oxygen atoms in total. The number of fused-ring (bicyclic) bond motifs is 3. The first kappa shape index (κ1) is 23.8. The highest BCUT2D eigenvalue weighted by Gasteiger charge is 2.52. The van der Waals surface area contributed by atoms with E-state index in [2.05, 4.69) is 15.0 Å². The van der Waals surface area contributed by atoms with Gasteiger partial charge in [-0.15, -0.1) is 0 Å². The second-order valence-electron chi connectivity index (χ2n) is 8.15. The van der Waals surface area contributed by atoms with E-state index < -0.39 is 42.8 Å². The van der Waals surface area contributed by atoms with Gasteiger partial charge >= 0.3 is 12.7 Å². The summed E-state index contributed by atoms with van der Waals surface area (Å²) in [7, 11) is 0. The van der Waals surface area contributed by atoms with Gasteiger partial charge in [0.15, 0.2) is 22.5 Å². The van der Waals surface area contributed by atoms with Crippen LogP contribution >= 0.6 is 18.5 Å². The first-order chi connectivity index (χ1) is 17.2. The van der Waals surface area contributed by atoms with Crippen molar-refractivity contribution in [1.29, 1.82) is 0 Å². The number of carbonyl (C=O) groups is 1. The van der Waals surface area contributed by atoms with Gasteiger partial charge in [0, 0.05) is 6.20 Å². The molecule has 3 aromatic heterocycles. The Labute approximate surface area is 210 Å². The highest BCUT2D eigenvalue weighted by molar-refractivity contribution is 8.07. The minimum Gasteiger partial charge on any atom is -0.481 e. The van der Waals surface area contributed by atoms with Gasteiger partial charge in [0.1, 0.15) is 18.3 Å². The van der Waals surface area contributed by atoms with E-state index in [1.54, 1.807) is 6.20 Å². The fourth-order valence-electron chi connectivity index (χ4n) is 4.28. The normalized spacial score (nSPS) is 28.1. The molecule has 0 saturated carbocycles. The molecular formula is C20H18N5O8PS2. The lowest BCUT2D eigenvalue weighted by Gasteiger charge is -2.30. The van der Waals surface area contributed by atoms with Crippen molar-refractivity contribution in [2.75, 3.05) is 12.4 Å². The number of aromatic amines is 1. The molecule has 2 fully saturated rings. The van der Waals surface area contributed by atoms with Crippen molar-refractivity contribution in [3.05, 3.63) is 46.9 Å². The number of nitrogens with one attached hydrogen (secondary N) is 1. The zero-order valence-electron chi connectivity index (χ0n) is 18.1. The van der Waals surface area contributed by atoms with Crippen molar-refractivity contribution >= 4 is 53.2 Å². The summed E-state index contributed by atoms with van der Waals surface area (Å²) in [6.07, 6.45) is -2.64. The van der Waals surface area contributed by atoms with Crippen LogP contribution in [0.4, 0.5) is 0 Å². The highest BCUT2D eigenvalue weighted by Crippen LogP contribution is 2.53. The molecule has 2 saturated heterocycles. The van der Waals surface area contributed by atoms with Crippen molar-refractivity contribution in [3.8, 4) is 11.3 Å². The molecular weight excluding hydrogens is 533 g/mol. The third-order valence-electron chi connectivity index (χ3n) is 5.85. The Morgan fingerprint density at radius 1 is 1.31 bits per heavy atom. The number of hydrogen-bond donors (Lipinski definition) is 4. The molecule has 4 N–H and O–H groups in total. The summed E-state index contributed by atoms with van der Waals surface area (Å²) in [4.78, 5) is 46.7. The van der Waals surface area contributed by atoms with Gasteiger partial charge in [-0.1, -0.05) is 42.1 Å². The number of thioether (sulfide) groups is 1. The molecule has 0 bridgehead atoms. The van der Waals surface area contributed by atoms with Crippen LogP contribution in [0.5, 0.6) is 0 Å². The van der Waals surface area contributed by atoms with Crippen molar-refractivity contribution in [2.45, 2.75) is 29.7 Å². The molecule has 3 unspecified atom stereocenters. The van der Waals surface area contributed by atoms with Crippen LogP contribution in [0.25, 0.3) is 28.2 Å². The molecule has 2 aliphatic heterocycles. The van der Waals surface area contributed by atoms with Gasteiger partial charge in [-0.05, 0) is 17.4 Å². The van der Waals surface area contributed by atoms with Gasteiger partial charge in [0.25, 0.3) is 5.56 Å². The maximum atomic E-state index is 13.4. The van der Waals surface area contributed by atoms with E-state index in [0.717, 1.165) is 17.3 Å². The number of carboxylic acids is 1. The second kappa shape index (κ2) is 8.75. The number of aliphatic hydroxyl groups is 1. The van der Waals surface area contributed by atoms with Crippen molar-refractivity contribution in [3.63, 3.8) is 0 Å². The number of hydrogen-bond acceptors (Lipinski definition) is 10. The summed E-state index contributed by atoms with van der Waals surface area (Å²) >= 11 is 5.75. The number of aliphatic carboxylic acids is 1. The topological polar surface area (TPSA) is 173 Å². The molecule has 6 rings (SSSR count). The quantitative estimate of drug-likeness (QED) is 0.206. The molecule has 188 valence electrons. The maximum absolute atomic E-state index is 13.4. The number of aromatic nitrogens is 5. The van der Waals surface area contributed by atoms with E-state index in [1.165, 1.54) is 8.97 Å². The Bertz CT molecular complexity index is 1600. The Morgan fingerprint density at radius 2 is 2.08 bits per heavy atom. The first-order valence-corrected chi connectivity index (χ1v) is 14.2. The van der Waals surface area contributed by atoms with Crippen molar-refractivity contribution in [2.24, 2.45) is 0 Å². The van der Waals surface area contributed by atoms with Crippen LogP contribution in [-0.2, 0) is 30.4 Å². The SMILES string of the molecule is O=C(O)CSc1nc2c(=O)n3cc(-c4ccccc4)[nH]c3nc2n1[C@@H]1OC2COP(O)(=S)O[C@H]2C1O. The Morgan fingerprint density at radius 3 is 2.83 bits per heavy atom. The lowest BCUT2D eigenvalue weighted by molar-refractivity contribution is -0.133. The average molecular weight is 551 g/mol. The zero-order chi connectivity index (χ0) is 25.2. The number of benzene rings is 1. The van der Waals surface area contributed by atoms with E-state index in [4.69, 9.17) is 25.6 Å². The van der Waals surface area contributed by atoms with E-state index in [9.17, 15) is 24.7 Å². The predicted molar refractivity (Wildman–Crippen MR) is 130 cm³/mol. The zero-order valence-corrected chi connectivity index (χ0v) is 20.7. The predicted octanol–water partition coefficient (Wildman–Crippen LogP) is 1.11. The fourth-order valence-corrected chi connectivity index (χ4v) is 6.46. The van der Waals surface area contributed by atoms with Gasteiger partial charge < -0.3 is 29.4 Å². The van der Waals surface area contributed by atoms with Crippen LogP contribution in [0.2, 0.25) is 0 Å². The molecule has 5 atom stereocenters. The lowest BCUT2D eigenvalue weighted by Crippen LogP contribution is -2.39. The number of rotatable bonds is 5. The molecule has 2 aliphatic rings. The largest absolute Gasteiger partial charge is 0.481 e. The molecule has 0 spiro atoms. The second-order valence-corrected chi connectivity index (χ2v) is 11.9. The van der Waals surface area contributed by atoms with Crippen LogP contribution < -0.4 is 5.56 Å². The van der Waals surface area contributed by atoms with Gasteiger partial charge in [-0.25, -0.2) is 9.38 Å². The number of H-pyrrole nitrogens is 1. The average Bonchev–Trinajstić information content (AvgIpc) is 3.52. The van der Waals surface area contributed by atoms with E-state index in [0.29, 0.717) is 5.69 Å².